The molecular weight excluding hydrogens is 342 g/mol. The summed E-state index contributed by atoms with van der Waals surface area (Å²) in [5.41, 5.74) is 0.444. The summed E-state index contributed by atoms with van der Waals surface area (Å²) in [4.78, 5) is 22.4. The molecule has 0 saturated carbocycles. The van der Waals surface area contributed by atoms with Crippen molar-refractivity contribution in [2.24, 2.45) is 13.0 Å². The zero-order valence-electron chi connectivity index (χ0n) is 13.8. The van der Waals surface area contributed by atoms with Crippen LogP contribution in [0.5, 0.6) is 0 Å². The number of hydrogen-bond donors (Lipinski definition) is 1. The molecule has 0 fully saturated rings. The zero-order chi connectivity index (χ0) is 17.1. The number of hydrogen-bond acceptors (Lipinski definition) is 6. The predicted octanol–water partition coefficient (Wildman–Crippen LogP) is 3.52. The fourth-order valence-electron chi connectivity index (χ4n) is 2.44. The summed E-state index contributed by atoms with van der Waals surface area (Å²) in [5, 5.41) is 11.8. The molecule has 24 heavy (non-hydrogen) atoms. The fraction of sp³-hybridized carbons (Fsp3) is 0.375. The third-order valence-electron chi connectivity index (χ3n) is 3.54. The van der Waals surface area contributed by atoms with Crippen LogP contribution < -0.4 is 5.32 Å². The molecule has 0 saturated heterocycles. The summed E-state index contributed by atoms with van der Waals surface area (Å²) >= 11 is 3.10. The maximum Gasteiger partial charge on any atom is 0.271 e. The van der Waals surface area contributed by atoms with Crippen LogP contribution in [0.3, 0.4) is 0 Å². The van der Waals surface area contributed by atoms with Gasteiger partial charge in [0.1, 0.15) is 22.9 Å². The summed E-state index contributed by atoms with van der Waals surface area (Å²) in [6, 6.07) is 3.80. The zero-order valence-corrected chi connectivity index (χ0v) is 15.4. The van der Waals surface area contributed by atoms with Crippen LogP contribution in [0.1, 0.15) is 42.6 Å². The maximum atomic E-state index is 12.6. The van der Waals surface area contributed by atoms with Crippen molar-refractivity contribution in [3.05, 3.63) is 40.7 Å². The van der Waals surface area contributed by atoms with Gasteiger partial charge in [-0.05, 0) is 23.8 Å². The van der Waals surface area contributed by atoms with Gasteiger partial charge in [0.25, 0.3) is 5.91 Å². The van der Waals surface area contributed by atoms with Crippen LogP contribution in [0, 0.1) is 5.92 Å². The highest BCUT2D eigenvalue weighted by atomic mass is 32.1. The standard InChI is InChI=1S/C16H19N5OS2/c1-10(2)7-11(14-17-9-18-21(14)3)19-15(22)12-8-24-16(20-12)13-5-4-6-23-13/h4-6,8-11H,7H2,1-3H3,(H,19,22)/t11-/m1/s1. The Kier molecular flexibility index (Phi) is 5.06. The molecule has 126 valence electrons. The summed E-state index contributed by atoms with van der Waals surface area (Å²) in [6.07, 6.45) is 2.30. The van der Waals surface area contributed by atoms with Crippen molar-refractivity contribution in [3.8, 4) is 9.88 Å². The van der Waals surface area contributed by atoms with E-state index >= 15 is 0 Å². The van der Waals surface area contributed by atoms with Gasteiger partial charge in [0.15, 0.2) is 0 Å². The van der Waals surface area contributed by atoms with Crippen molar-refractivity contribution in [2.75, 3.05) is 0 Å². The fourth-order valence-corrected chi connectivity index (χ4v) is 4.06. The number of thiophene rings is 1. The average molecular weight is 361 g/mol. The van der Waals surface area contributed by atoms with Crippen LogP contribution >= 0.6 is 22.7 Å². The van der Waals surface area contributed by atoms with Crippen molar-refractivity contribution in [3.63, 3.8) is 0 Å². The van der Waals surface area contributed by atoms with Gasteiger partial charge < -0.3 is 5.32 Å². The van der Waals surface area contributed by atoms with Gasteiger partial charge in [-0.1, -0.05) is 19.9 Å². The van der Waals surface area contributed by atoms with Gasteiger partial charge in [0.05, 0.1) is 10.9 Å². The summed E-state index contributed by atoms with van der Waals surface area (Å²) < 4.78 is 1.70. The van der Waals surface area contributed by atoms with Gasteiger partial charge in [-0.3, -0.25) is 9.48 Å². The van der Waals surface area contributed by atoms with Gasteiger partial charge in [-0.2, -0.15) is 5.10 Å². The van der Waals surface area contributed by atoms with E-state index in [1.165, 1.54) is 17.7 Å². The number of aryl methyl sites for hydroxylation is 1. The van der Waals surface area contributed by atoms with E-state index in [2.05, 4.69) is 34.2 Å². The van der Waals surface area contributed by atoms with Crippen molar-refractivity contribution in [1.82, 2.24) is 25.1 Å². The lowest BCUT2D eigenvalue weighted by molar-refractivity contribution is 0.0924. The number of nitrogens with zero attached hydrogens (tertiary/aromatic N) is 4. The smallest absolute Gasteiger partial charge is 0.271 e. The first-order valence-corrected chi connectivity index (χ1v) is 9.44. The Balaban J connectivity index is 1.77. The van der Waals surface area contributed by atoms with E-state index in [1.54, 1.807) is 21.4 Å². The molecule has 0 aromatic carbocycles. The Labute approximate surface area is 148 Å². The van der Waals surface area contributed by atoms with Crippen molar-refractivity contribution < 1.29 is 4.79 Å². The van der Waals surface area contributed by atoms with E-state index < -0.39 is 0 Å². The van der Waals surface area contributed by atoms with Crippen LogP contribution in [-0.4, -0.2) is 25.7 Å². The monoisotopic (exact) mass is 361 g/mol. The molecule has 0 spiro atoms. The van der Waals surface area contributed by atoms with Crippen LogP contribution in [-0.2, 0) is 7.05 Å². The molecule has 6 nitrogen and oxygen atoms in total. The number of carbonyl (C=O) groups excluding carboxylic acids is 1. The van der Waals surface area contributed by atoms with E-state index in [1.807, 2.05) is 24.6 Å². The number of rotatable bonds is 6. The van der Waals surface area contributed by atoms with E-state index in [-0.39, 0.29) is 11.9 Å². The Morgan fingerprint density at radius 2 is 2.21 bits per heavy atom. The Bertz CT molecular complexity index is 806. The molecular formula is C16H19N5OS2. The van der Waals surface area contributed by atoms with Crippen LogP contribution in [0.2, 0.25) is 0 Å². The van der Waals surface area contributed by atoms with Gasteiger partial charge >= 0.3 is 0 Å². The molecule has 1 atom stereocenters. The largest absolute Gasteiger partial charge is 0.341 e. The average Bonchev–Trinajstić information content (AvgIpc) is 3.27. The van der Waals surface area contributed by atoms with E-state index in [4.69, 9.17) is 0 Å². The lowest BCUT2D eigenvalue weighted by atomic mass is 10.0. The minimum absolute atomic E-state index is 0.178. The van der Waals surface area contributed by atoms with Gasteiger partial charge in [0, 0.05) is 12.4 Å². The Morgan fingerprint density at radius 1 is 1.38 bits per heavy atom. The van der Waals surface area contributed by atoms with Gasteiger partial charge in [-0.15, -0.1) is 22.7 Å². The molecule has 3 aromatic heterocycles. The number of amides is 1. The number of thiazole rings is 1. The van der Waals surface area contributed by atoms with E-state index in [0.717, 1.165) is 22.1 Å². The number of aromatic nitrogens is 4. The minimum Gasteiger partial charge on any atom is -0.341 e. The lowest BCUT2D eigenvalue weighted by Gasteiger charge is -2.19. The van der Waals surface area contributed by atoms with E-state index in [0.29, 0.717) is 11.6 Å². The summed E-state index contributed by atoms with van der Waals surface area (Å²) in [6.45, 7) is 4.24. The van der Waals surface area contributed by atoms with Gasteiger partial charge in [0.2, 0.25) is 0 Å². The highest BCUT2D eigenvalue weighted by Crippen LogP contribution is 2.28. The molecule has 0 aliphatic heterocycles. The molecule has 0 aliphatic rings. The number of carbonyl (C=O) groups is 1. The maximum absolute atomic E-state index is 12.6. The lowest BCUT2D eigenvalue weighted by Crippen LogP contribution is -2.31. The molecule has 0 aliphatic carbocycles. The number of nitrogens with one attached hydrogen (secondary N) is 1. The van der Waals surface area contributed by atoms with E-state index in [9.17, 15) is 4.79 Å². The molecule has 0 radical (unpaired) electrons. The quantitative estimate of drug-likeness (QED) is 0.729. The first-order valence-electron chi connectivity index (χ1n) is 7.68. The summed E-state index contributed by atoms with van der Waals surface area (Å²) in [7, 11) is 1.83. The molecule has 0 unspecified atom stereocenters. The Morgan fingerprint density at radius 3 is 2.83 bits per heavy atom. The first-order chi connectivity index (χ1) is 11.5. The minimum atomic E-state index is -0.183. The second kappa shape index (κ2) is 7.23. The predicted molar refractivity (Wildman–Crippen MR) is 96.1 cm³/mol. The highest BCUT2D eigenvalue weighted by Gasteiger charge is 2.22. The molecule has 1 amide bonds. The molecule has 3 heterocycles. The third kappa shape index (κ3) is 3.70. The van der Waals surface area contributed by atoms with Crippen LogP contribution in [0.25, 0.3) is 9.88 Å². The third-order valence-corrected chi connectivity index (χ3v) is 5.42. The van der Waals surface area contributed by atoms with Gasteiger partial charge in [-0.25, -0.2) is 9.97 Å². The second-order valence-electron chi connectivity index (χ2n) is 5.91. The van der Waals surface area contributed by atoms with Crippen molar-refractivity contribution in [1.29, 1.82) is 0 Å². The first kappa shape index (κ1) is 16.8. The molecule has 1 N–H and O–H groups in total. The van der Waals surface area contributed by atoms with Crippen molar-refractivity contribution in [2.45, 2.75) is 26.3 Å². The van der Waals surface area contributed by atoms with Crippen LogP contribution in [0.4, 0.5) is 0 Å². The normalized spacial score (nSPS) is 12.5. The summed E-state index contributed by atoms with van der Waals surface area (Å²) in [5.74, 6) is 0.998. The second-order valence-corrected chi connectivity index (χ2v) is 7.72. The van der Waals surface area contributed by atoms with Crippen LogP contribution in [0.15, 0.2) is 29.2 Å². The topological polar surface area (TPSA) is 72.7 Å². The molecule has 8 heteroatoms. The molecule has 3 rings (SSSR count). The van der Waals surface area contributed by atoms with Crippen molar-refractivity contribution >= 4 is 28.6 Å². The molecule has 0 bridgehead atoms. The SMILES string of the molecule is CC(C)C[C@@H](NC(=O)c1csc(-c2cccs2)n1)c1ncnn1C. The Hall–Kier alpha value is -2.06. The molecule has 3 aromatic rings. The highest BCUT2D eigenvalue weighted by molar-refractivity contribution is 7.20.